The highest BCUT2D eigenvalue weighted by molar-refractivity contribution is 7.22. The van der Waals surface area contributed by atoms with Gasteiger partial charge in [-0.3, -0.25) is 9.78 Å². The lowest BCUT2D eigenvalue weighted by molar-refractivity contribution is -0.131. The summed E-state index contributed by atoms with van der Waals surface area (Å²) in [5, 5.41) is 1.06. The third kappa shape index (κ3) is 3.64. The number of nitrogens with zero attached hydrogens (tertiary/aromatic N) is 4. The van der Waals surface area contributed by atoms with E-state index in [1.54, 1.807) is 17.5 Å². The second-order valence-corrected chi connectivity index (χ2v) is 7.20. The molecule has 0 bridgehead atoms. The van der Waals surface area contributed by atoms with Crippen molar-refractivity contribution in [3.8, 4) is 0 Å². The number of para-hydroxylation sites is 1. The fourth-order valence-electron chi connectivity index (χ4n) is 3.10. The zero-order valence-electron chi connectivity index (χ0n) is 14.0. The van der Waals surface area contributed by atoms with Gasteiger partial charge < -0.3 is 9.80 Å². The van der Waals surface area contributed by atoms with E-state index in [4.69, 9.17) is 4.98 Å². The monoisotopic (exact) mass is 352 g/mol. The summed E-state index contributed by atoms with van der Waals surface area (Å²) in [7, 11) is 0. The van der Waals surface area contributed by atoms with Crippen LogP contribution < -0.4 is 4.90 Å². The van der Waals surface area contributed by atoms with E-state index < -0.39 is 0 Å². The number of hydrogen-bond acceptors (Lipinski definition) is 5. The molecule has 128 valence electrons. The second-order valence-electron chi connectivity index (χ2n) is 6.19. The maximum absolute atomic E-state index is 12.4. The van der Waals surface area contributed by atoms with Crippen LogP contribution in [0.25, 0.3) is 10.2 Å². The van der Waals surface area contributed by atoms with Crippen LogP contribution in [0.2, 0.25) is 0 Å². The molecule has 1 aliphatic heterocycles. The van der Waals surface area contributed by atoms with Crippen molar-refractivity contribution in [1.29, 1.82) is 0 Å². The van der Waals surface area contributed by atoms with Crippen molar-refractivity contribution in [2.75, 3.05) is 31.1 Å². The molecule has 5 nitrogen and oxygen atoms in total. The van der Waals surface area contributed by atoms with Crippen LogP contribution in [-0.4, -0.2) is 47.0 Å². The lowest BCUT2D eigenvalue weighted by atomic mass is 10.1. The molecule has 0 N–H and O–H groups in total. The molecule has 0 unspecified atom stereocenters. The number of pyridine rings is 1. The Bertz CT molecular complexity index is 823. The molecular weight excluding hydrogens is 332 g/mol. The van der Waals surface area contributed by atoms with Crippen LogP contribution in [0.5, 0.6) is 0 Å². The summed E-state index contributed by atoms with van der Waals surface area (Å²) in [6, 6.07) is 12.2. The smallest absolute Gasteiger partial charge is 0.223 e. The second kappa shape index (κ2) is 7.19. The predicted octanol–water partition coefficient (Wildman–Crippen LogP) is 2.97. The van der Waals surface area contributed by atoms with E-state index >= 15 is 0 Å². The number of aromatic nitrogens is 2. The molecule has 25 heavy (non-hydrogen) atoms. The largest absolute Gasteiger partial charge is 0.345 e. The summed E-state index contributed by atoms with van der Waals surface area (Å²) in [4.78, 5) is 25.5. The SMILES string of the molecule is O=C(CCc1cccnc1)N1CCN(c2nc3ccccc3s2)CC1. The quantitative estimate of drug-likeness (QED) is 0.724. The Balaban J connectivity index is 1.32. The van der Waals surface area contributed by atoms with Crippen LogP contribution >= 0.6 is 11.3 Å². The van der Waals surface area contributed by atoms with E-state index in [1.807, 2.05) is 41.4 Å². The summed E-state index contributed by atoms with van der Waals surface area (Å²) in [5.41, 5.74) is 2.17. The highest BCUT2D eigenvalue weighted by Crippen LogP contribution is 2.29. The number of hydrogen-bond donors (Lipinski definition) is 0. The van der Waals surface area contributed by atoms with Gasteiger partial charge in [-0.1, -0.05) is 29.5 Å². The zero-order chi connectivity index (χ0) is 17.1. The van der Waals surface area contributed by atoms with Crippen LogP contribution in [-0.2, 0) is 11.2 Å². The molecule has 2 aromatic heterocycles. The first-order chi connectivity index (χ1) is 12.3. The van der Waals surface area contributed by atoms with Crippen molar-refractivity contribution >= 4 is 32.6 Å². The molecule has 3 heterocycles. The summed E-state index contributed by atoms with van der Waals surface area (Å²) in [6.07, 6.45) is 4.89. The van der Waals surface area contributed by atoms with Gasteiger partial charge in [0.05, 0.1) is 10.2 Å². The van der Waals surface area contributed by atoms with E-state index in [-0.39, 0.29) is 5.91 Å². The number of aryl methyl sites for hydroxylation is 1. The van der Waals surface area contributed by atoms with Gasteiger partial charge in [0.15, 0.2) is 5.13 Å². The first kappa shape index (κ1) is 16.0. The van der Waals surface area contributed by atoms with Crippen LogP contribution in [0.3, 0.4) is 0 Å². The molecule has 6 heteroatoms. The highest BCUT2D eigenvalue weighted by Gasteiger charge is 2.22. The molecule has 1 saturated heterocycles. The first-order valence-electron chi connectivity index (χ1n) is 8.57. The Morgan fingerprint density at radius 3 is 2.68 bits per heavy atom. The first-order valence-corrected chi connectivity index (χ1v) is 9.38. The molecule has 0 aliphatic carbocycles. The van der Waals surface area contributed by atoms with Crippen LogP contribution in [0.15, 0.2) is 48.8 Å². The summed E-state index contributed by atoms with van der Waals surface area (Å²) < 4.78 is 1.22. The van der Waals surface area contributed by atoms with Crippen molar-refractivity contribution < 1.29 is 4.79 Å². The number of amides is 1. The Labute approximate surface area is 150 Å². The Kier molecular flexibility index (Phi) is 4.61. The number of piperazine rings is 1. The Morgan fingerprint density at radius 2 is 1.92 bits per heavy atom. The summed E-state index contributed by atoms with van der Waals surface area (Å²) >= 11 is 1.73. The molecule has 1 aliphatic rings. The minimum absolute atomic E-state index is 0.229. The molecule has 0 radical (unpaired) electrons. The fraction of sp³-hybridized carbons (Fsp3) is 0.316. The summed E-state index contributed by atoms with van der Waals surface area (Å²) in [5.74, 6) is 0.229. The fourth-order valence-corrected chi connectivity index (χ4v) is 4.12. The number of carbonyl (C=O) groups excluding carboxylic acids is 1. The maximum Gasteiger partial charge on any atom is 0.223 e. The van der Waals surface area contributed by atoms with Gasteiger partial charge in [0.2, 0.25) is 5.91 Å². The van der Waals surface area contributed by atoms with Crippen LogP contribution in [0.1, 0.15) is 12.0 Å². The van der Waals surface area contributed by atoms with Gasteiger partial charge in [-0.2, -0.15) is 0 Å². The number of carbonyl (C=O) groups is 1. The van der Waals surface area contributed by atoms with E-state index in [1.165, 1.54) is 4.70 Å². The molecule has 4 rings (SSSR count). The highest BCUT2D eigenvalue weighted by atomic mass is 32.1. The number of anilines is 1. The standard InChI is InChI=1S/C19H20N4OS/c24-18(8-7-15-4-3-9-20-14-15)22-10-12-23(13-11-22)19-21-16-5-1-2-6-17(16)25-19/h1-6,9,14H,7-8,10-13H2. The molecule has 0 saturated carbocycles. The number of fused-ring (bicyclic) bond motifs is 1. The summed E-state index contributed by atoms with van der Waals surface area (Å²) in [6.45, 7) is 3.22. The molecule has 0 spiro atoms. The Morgan fingerprint density at radius 1 is 1.08 bits per heavy atom. The maximum atomic E-state index is 12.4. The number of benzene rings is 1. The molecule has 0 atom stereocenters. The topological polar surface area (TPSA) is 49.3 Å². The van der Waals surface area contributed by atoms with Gasteiger partial charge in [0.25, 0.3) is 0 Å². The van der Waals surface area contributed by atoms with Crippen molar-refractivity contribution in [3.05, 3.63) is 54.4 Å². The van der Waals surface area contributed by atoms with Gasteiger partial charge in [-0.25, -0.2) is 4.98 Å². The molecular formula is C19H20N4OS. The zero-order valence-corrected chi connectivity index (χ0v) is 14.8. The van der Waals surface area contributed by atoms with Gasteiger partial charge in [-0.05, 0) is 30.2 Å². The van der Waals surface area contributed by atoms with Crippen molar-refractivity contribution in [2.45, 2.75) is 12.8 Å². The van der Waals surface area contributed by atoms with Gasteiger partial charge in [0, 0.05) is 45.0 Å². The van der Waals surface area contributed by atoms with Gasteiger partial charge in [-0.15, -0.1) is 0 Å². The average Bonchev–Trinajstić information content (AvgIpc) is 3.11. The van der Waals surface area contributed by atoms with Gasteiger partial charge >= 0.3 is 0 Å². The molecule has 3 aromatic rings. The molecule has 1 aromatic carbocycles. The lowest BCUT2D eigenvalue weighted by Crippen LogP contribution is -2.48. The van der Waals surface area contributed by atoms with Crippen molar-refractivity contribution in [3.63, 3.8) is 0 Å². The van der Waals surface area contributed by atoms with Gasteiger partial charge in [0.1, 0.15) is 0 Å². The molecule has 1 amide bonds. The normalized spacial score (nSPS) is 14.9. The van der Waals surface area contributed by atoms with E-state index in [0.717, 1.165) is 48.8 Å². The third-order valence-corrected chi connectivity index (χ3v) is 5.63. The van der Waals surface area contributed by atoms with Crippen molar-refractivity contribution in [2.24, 2.45) is 0 Å². The number of thiazole rings is 1. The predicted molar refractivity (Wildman–Crippen MR) is 101 cm³/mol. The lowest BCUT2D eigenvalue weighted by Gasteiger charge is -2.34. The van der Waals surface area contributed by atoms with Crippen LogP contribution in [0.4, 0.5) is 5.13 Å². The minimum atomic E-state index is 0.229. The van der Waals surface area contributed by atoms with E-state index in [2.05, 4.69) is 16.0 Å². The third-order valence-electron chi connectivity index (χ3n) is 4.54. The van der Waals surface area contributed by atoms with Crippen LogP contribution in [0, 0.1) is 0 Å². The average molecular weight is 352 g/mol. The minimum Gasteiger partial charge on any atom is -0.345 e. The van der Waals surface area contributed by atoms with E-state index in [0.29, 0.717) is 6.42 Å². The van der Waals surface area contributed by atoms with Crippen molar-refractivity contribution in [1.82, 2.24) is 14.9 Å². The Hall–Kier alpha value is -2.47. The number of rotatable bonds is 4. The van der Waals surface area contributed by atoms with E-state index in [9.17, 15) is 4.79 Å². The molecule has 1 fully saturated rings.